The minimum Gasteiger partial charge on any atom is -0.368 e. The quantitative estimate of drug-likeness (QED) is 0.572. The number of aliphatic imine (C=N–C) groups is 1. The maximum atomic E-state index is 12.5. The molecule has 28 heavy (non-hydrogen) atoms. The van der Waals surface area contributed by atoms with Gasteiger partial charge in [-0.15, -0.1) is 11.3 Å². The molecule has 1 aromatic heterocycles. The minimum atomic E-state index is 0.186. The highest BCUT2D eigenvalue weighted by atomic mass is 32.1. The van der Waals surface area contributed by atoms with Crippen molar-refractivity contribution in [1.29, 1.82) is 0 Å². The monoisotopic (exact) mass is 400 g/mol. The van der Waals surface area contributed by atoms with Crippen LogP contribution in [0, 0.1) is 6.92 Å². The number of rotatable bonds is 6. The van der Waals surface area contributed by atoms with Crippen molar-refractivity contribution in [3.63, 3.8) is 0 Å². The summed E-state index contributed by atoms with van der Waals surface area (Å²) < 4.78 is 0. The van der Waals surface area contributed by atoms with E-state index >= 15 is 0 Å². The predicted molar refractivity (Wildman–Crippen MR) is 115 cm³/mol. The second-order valence-electron chi connectivity index (χ2n) is 6.67. The van der Waals surface area contributed by atoms with E-state index in [4.69, 9.17) is 0 Å². The van der Waals surface area contributed by atoms with E-state index in [0.29, 0.717) is 25.5 Å². The lowest BCUT2D eigenvalue weighted by atomic mass is 10.2. The zero-order valence-corrected chi connectivity index (χ0v) is 17.3. The Morgan fingerprint density at radius 2 is 1.93 bits per heavy atom. The van der Waals surface area contributed by atoms with Crippen LogP contribution in [0.5, 0.6) is 0 Å². The Bertz CT molecular complexity index is 783. The van der Waals surface area contributed by atoms with E-state index in [0.717, 1.165) is 31.2 Å². The first kappa shape index (κ1) is 20.1. The van der Waals surface area contributed by atoms with Crippen molar-refractivity contribution >= 4 is 28.9 Å². The lowest BCUT2D eigenvalue weighted by Crippen LogP contribution is -2.49. The number of aryl methyl sites for hydroxylation is 1. The van der Waals surface area contributed by atoms with Crippen LogP contribution in [-0.2, 0) is 11.3 Å². The number of carbonyl (C=O) groups is 1. The van der Waals surface area contributed by atoms with Gasteiger partial charge in [-0.25, -0.2) is 4.98 Å². The van der Waals surface area contributed by atoms with E-state index < -0.39 is 0 Å². The van der Waals surface area contributed by atoms with Crippen molar-refractivity contribution in [2.75, 3.05) is 44.7 Å². The van der Waals surface area contributed by atoms with Gasteiger partial charge in [-0.05, 0) is 19.1 Å². The molecular weight excluding hydrogens is 372 g/mol. The molecule has 3 rings (SSSR count). The van der Waals surface area contributed by atoms with Gasteiger partial charge < -0.3 is 20.4 Å². The Hall–Kier alpha value is -2.61. The minimum absolute atomic E-state index is 0.186. The average Bonchev–Trinajstić information content (AvgIpc) is 3.16. The highest BCUT2D eigenvalue weighted by molar-refractivity contribution is 7.11. The number of para-hydroxylation sites is 1. The number of carbonyl (C=O) groups excluding carboxylic acids is 1. The van der Waals surface area contributed by atoms with Crippen molar-refractivity contribution in [2.45, 2.75) is 19.9 Å². The largest absolute Gasteiger partial charge is 0.368 e. The molecule has 0 aliphatic carbocycles. The molecule has 0 saturated carbocycles. The summed E-state index contributed by atoms with van der Waals surface area (Å²) in [5.74, 6) is 0.876. The van der Waals surface area contributed by atoms with Gasteiger partial charge in [0.2, 0.25) is 5.91 Å². The summed E-state index contributed by atoms with van der Waals surface area (Å²) in [6.45, 7) is 6.52. The predicted octanol–water partition coefficient (Wildman–Crippen LogP) is 1.86. The van der Waals surface area contributed by atoms with Gasteiger partial charge in [-0.2, -0.15) is 0 Å². The summed E-state index contributed by atoms with van der Waals surface area (Å²) >= 11 is 1.67. The smallest absolute Gasteiger partial charge is 0.224 e. The molecule has 0 radical (unpaired) electrons. The second-order valence-corrected chi connectivity index (χ2v) is 7.99. The van der Waals surface area contributed by atoms with Crippen LogP contribution < -0.4 is 15.5 Å². The molecule has 0 spiro atoms. The summed E-state index contributed by atoms with van der Waals surface area (Å²) in [5, 5.41) is 7.46. The molecule has 1 aliphatic rings. The number of hydrogen-bond donors (Lipinski definition) is 2. The van der Waals surface area contributed by atoms with Crippen LogP contribution in [0.15, 0.2) is 41.5 Å². The maximum absolute atomic E-state index is 12.5. The Balaban J connectivity index is 1.36. The molecule has 0 unspecified atom stereocenters. The number of nitrogens with zero attached hydrogens (tertiary/aromatic N) is 4. The number of benzene rings is 1. The van der Waals surface area contributed by atoms with Crippen LogP contribution in [0.1, 0.15) is 16.3 Å². The van der Waals surface area contributed by atoms with Crippen molar-refractivity contribution in [3.8, 4) is 0 Å². The van der Waals surface area contributed by atoms with Crippen molar-refractivity contribution < 1.29 is 4.79 Å². The Morgan fingerprint density at radius 1 is 1.18 bits per heavy atom. The zero-order valence-electron chi connectivity index (χ0n) is 16.5. The fraction of sp³-hybridized carbons (Fsp3) is 0.450. The number of amides is 1. The van der Waals surface area contributed by atoms with Crippen LogP contribution in [0.3, 0.4) is 0 Å². The van der Waals surface area contributed by atoms with Gasteiger partial charge >= 0.3 is 0 Å². The topological polar surface area (TPSA) is 72.9 Å². The van der Waals surface area contributed by atoms with Crippen molar-refractivity contribution in [2.24, 2.45) is 4.99 Å². The zero-order chi connectivity index (χ0) is 19.8. The van der Waals surface area contributed by atoms with Gasteiger partial charge in [-0.1, -0.05) is 18.2 Å². The van der Waals surface area contributed by atoms with Crippen LogP contribution in [0.4, 0.5) is 5.69 Å². The number of piperazine rings is 1. The molecule has 150 valence electrons. The molecule has 0 atom stereocenters. The highest BCUT2D eigenvalue weighted by Crippen LogP contribution is 2.15. The normalized spacial score (nSPS) is 14.9. The molecule has 1 fully saturated rings. The van der Waals surface area contributed by atoms with Gasteiger partial charge in [0.05, 0.1) is 6.54 Å². The molecule has 1 aromatic carbocycles. The average molecular weight is 401 g/mol. The maximum Gasteiger partial charge on any atom is 0.224 e. The van der Waals surface area contributed by atoms with Gasteiger partial charge in [0.15, 0.2) is 5.96 Å². The van der Waals surface area contributed by atoms with Crippen LogP contribution >= 0.6 is 11.3 Å². The van der Waals surface area contributed by atoms with Crippen molar-refractivity contribution in [3.05, 3.63) is 46.4 Å². The molecule has 1 aliphatic heterocycles. The summed E-state index contributed by atoms with van der Waals surface area (Å²) in [6.07, 6.45) is 2.33. The van der Waals surface area contributed by atoms with Gasteiger partial charge in [-0.3, -0.25) is 9.79 Å². The third-order valence-electron chi connectivity index (χ3n) is 4.68. The Kier molecular flexibility index (Phi) is 7.25. The second kappa shape index (κ2) is 10.1. The molecule has 0 bridgehead atoms. The lowest BCUT2D eigenvalue weighted by Gasteiger charge is -2.36. The van der Waals surface area contributed by atoms with E-state index in [1.807, 2.05) is 24.1 Å². The molecule has 2 aromatic rings. The first-order valence-electron chi connectivity index (χ1n) is 9.59. The third kappa shape index (κ3) is 5.69. The summed E-state index contributed by atoms with van der Waals surface area (Å²) in [7, 11) is 1.73. The number of aromatic nitrogens is 1. The summed E-state index contributed by atoms with van der Waals surface area (Å²) in [5.41, 5.74) is 1.22. The van der Waals surface area contributed by atoms with Gasteiger partial charge in [0.25, 0.3) is 0 Å². The van der Waals surface area contributed by atoms with Crippen LogP contribution in [0.2, 0.25) is 0 Å². The van der Waals surface area contributed by atoms with E-state index in [-0.39, 0.29) is 5.91 Å². The van der Waals surface area contributed by atoms with Crippen LogP contribution in [-0.4, -0.2) is 61.5 Å². The summed E-state index contributed by atoms with van der Waals surface area (Å²) in [6, 6.07) is 10.4. The summed E-state index contributed by atoms with van der Waals surface area (Å²) in [4.78, 5) is 26.5. The first-order valence-corrected chi connectivity index (χ1v) is 10.4. The molecule has 2 N–H and O–H groups in total. The first-order chi connectivity index (χ1) is 13.7. The molecule has 7 nitrogen and oxygen atoms in total. The number of hydrogen-bond acceptors (Lipinski definition) is 5. The standard InChI is InChI=1S/C20H28N6OS/c1-16-14-23-18(28-16)15-24-20(21-2)22-9-8-19(27)26-12-10-25(11-13-26)17-6-4-3-5-7-17/h3-7,14H,8-13,15H2,1-2H3,(H2,21,22,24). The lowest BCUT2D eigenvalue weighted by molar-refractivity contribution is -0.131. The fourth-order valence-electron chi connectivity index (χ4n) is 3.16. The number of guanidine groups is 1. The Labute approximate surface area is 170 Å². The van der Waals surface area contributed by atoms with Gasteiger partial charge in [0.1, 0.15) is 5.01 Å². The number of thiazole rings is 1. The number of nitrogens with one attached hydrogen (secondary N) is 2. The number of anilines is 1. The fourth-order valence-corrected chi connectivity index (χ4v) is 3.89. The van der Waals surface area contributed by atoms with Gasteiger partial charge in [0, 0.05) is 63.0 Å². The highest BCUT2D eigenvalue weighted by Gasteiger charge is 2.20. The van der Waals surface area contributed by atoms with Crippen LogP contribution in [0.25, 0.3) is 0 Å². The van der Waals surface area contributed by atoms with E-state index in [1.54, 1.807) is 18.4 Å². The molecule has 1 amide bonds. The van der Waals surface area contributed by atoms with E-state index in [1.165, 1.54) is 10.6 Å². The molecule has 2 heterocycles. The SMILES string of the molecule is CN=C(NCCC(=O)N1CCN(c2ccccc2)CC1)NCc1ncc(C)s1. The van der Waals surface area contributed by atoms with E-state index in [9.17, 15) is 4.79 Å². The van der Waals surface area contributed by atoms with Crippen molar-refractivity contribution in [1.82, 2.24) is 20.5 Å². The molecular formula is C20H28N6OS. The third-order valence-corrected chi connectivity index (χ3v) is 5.60. The molecule has 1 saturated heterocycles. The van der Waals surface area contributed by atoms with E-state index in [2.05, 4.69) is 49.8 Å². The molecule has 8 heteroatoms. The Morgan fingerprint density at radius 3 is 2.57 bits per heavy atom.